The summed E-state index contributed by atoms with van der Waals surface area (Å²) in [6, 6.07) is 3.18. The molecule has 0 unspecified atom stereocenters. The Morgan fingerprint density at radius 1 is 1.56 bits per heavy atom. The molecule has 3 rings (SSSR count). The van der Waals surface area contributed by atoms with Gasteiger partial charge in [0, 0.05) is 12.1 Å². The molecule has 0 aromatic carbocycles. The van der Waals surface area contributed by atoms with Crippen molar-refractivity contribution in [3.8, 4) is 5.75 Å². The molecule has 2 aromatic rings. The van der Waals surface area contributed by atoms with Crippen LogP contribution in [0.1, 0.15) is 12.8 Å². The van der Waals surface area contributed by atoms with Crippen LogP contribution in [0.3, 0.4) is 0 Å². The molecular formula is C10H10N4O2. The number of hydrogen-bond acceptors (Lipinski definition) is 4. The van der Waals surface area contributed by atoms with Gasteiger partial charge in [-0.15, -0.1) is 5.10 Å². The molecule has 0 bridgehead atoms. The summed E-state index contributed by atoms with van der Waals surface area (Å²) in [6.07, 6.45) is 3.53. The zero-order chi connectivity index (χ0) is 11.1. The van der Waals surface area contributed by atoms with Crippen LogP contribution in [0.25, 0.3) is 5.65 Å². The molecule has 2 N–H and O–H groups in total. The monoisotopic (exact) mass is 218 g/mol. The Bertz CT molecular complexity index is 559. The van der Waals surface area contributed by atoms with Gasteiger partial charge in [0.15, 0.2) is 11.4 Å². The van der Waals surface area contributed by atoms with Gasteiger partial charge in [-0.3, -0.25) is 10.1 Å². The molecule has 0 aliphatic heterocycles. The number of carbonyl (C=O) groups is 1. The second-order valence-corrected chi connectivity index (χ2v) is 3.86. The van der Waals surface area contributed by atoms with E-state index in [4.69, 9.17) is 0 Å². The number of carbonyl (C=O) groups excluding carboxylic acids is 1. The molecule has 2 heterocycles. The fourth-order valence-electron chi connectivity index (χ4n) is 1.50. The van der Waals surface area contributed by atoms with Crippen molar-refractivity contribution >= 4 is 17.5 Å². The van der Waals surface area contributed by atoms with Gasteiger partial charge >= 0.3 is 0 Å². The molecule has 1 aliphatic carbocycles. The lowest BCUT2D eigenvalue weighted by molar-refractivity contribution is -0.117. The van der Waals surface area contributed by atoms with Gasteiger partial charge in [0.2, 0.25) is 11.9 Å². The normalized spacial score (nSPS) is 15.2. The van der Waals surface area contributed by atoms with Crippen molar-refractivity contribution < 1.29 is 9.90 Å². The van der Waals surface area contributed by atoms with Crippen LogP contribution in [0.15, 0.2) is 18.3 Å². The molecule has 16 heavy (non-hydrogen) atoms. The molecule has 1 saturated carbocycles. The first-order valence-corrected chi connectivity index (χ1v) is 5.09. The SMILES string of the molecule is O=C(Nc1nc2c(O)cccn2n1)C1CC1. The molecular weight excluding hydrogens is 208 g/mol. The molecule has 0 saturated heterocycles. The third-order valence-electron chi connectivity index (χ3n) is 2.52. The maximum atomic E-state index is 11.5. The second kappa shape index (κ2) is 3.19. The maximum absolute atomic E-state index is 11.5. The van der Waals surface area contributed by atoms with E-state index >= 15 is 0 Å². The van der Waals surface area contributed by atoms with Gasteiger partial charge in [-0.05, 0) is 25.0 Å². The first kappa shape index (κ1) is 9.14. The van der Waals surface area contributed by atoms with Crippen LogP contribution >= 0.6 is 0 Å². The quantitative estimate of drug-likeness (QED) is 0.780. The van der Waals surface area contributed by atoms with Crippen molar-refractivity contribution in [2.45, 2.75) is 12.8 Å². The Labute approximate surface area is 90.9 Å². The third-order valence-corrected chi connectivity index (χ3v) is 2.52. The number of anilines is 1. The minimum atomic E-state index is -0.0459. The van der Waals surface area contributed by atoms with Crippen molar-refractivity contribution in [2.75, 3.05) is 5.32 Å². The number of amides is 1. The summed E-state index contributed by atoms with van der Waals surface area (Å²) in [4.78, 5) is 15.5. The Morgan fingerprint density at radius 3 is 3.06 bits per heavy atom. The molecule has 6 heteroatoms. The number of aromatic nitrogens is 3. The van der Waals surface area contributed by atoms with Crippen molar-refractivity contribution in [3.05, 3.63) is 18.3 Å². The molecule has 0 radical (unpaired) electrons. The lowest BCUT2D eigenvalue weighted by atomic mass is 10.4. The average molecular weight is 218 g/mol. The topological polar surface area (TPSA) is 79.5 Å². The van der Waals surface area contributed by atoms with Crippen LogP contribution in [0, 0.1) is 5.92 Å². The van der Waals surface area contributed by atoms with E-state index in [1.807, 2.05) is 0 Å². The number of nitrogens with zero attached hydrogens (tertiary/aromatic N) is 3. The standard InChI is InChI=1S/C10H10N4O2/c15-7-2-1-5-14-8(7)11-10(13-14)12-9(16)6-3-4-6/h1-2,5-6,15H,3-4H2,(H,12,13,16). The number of hydrogen-bond donors (Lipinski definition) is 2. The predicted molar refractivity (Wildman–Crippen MR) is 56.0 cm³/mol. The summed E-state index contributed by atoms with van der Waals surface area (Å²) in [7, 11) is 0. The molecule has 1 amide bonds. The largest absolute Gasteiger partial charge is 0.504 e. The molecule has 6 nitrogen and oxygen atoms in total. The highest BCUT2D eigenvalue weighted by atomic mass is 16.3. The van der Waals surface area contributed by atoms with Crippen LogP contribution in [0.5, 0.6) is 5.75 Å². The summed E-state index contributed by atoms with van der Waals surface area (Å²) in [5, 5.41) is 16.2. The minimum absolute atomic E-state index is 0.0434. The van der Waals surface area contributed by atoms with Crippen LogP contribution in [0.2, 0.25) is 0 Å². The summed E-state index contributed by atoms with van der Waals surface area (Å²) >= 11 is 0. The van der Waals surface area contributed by atoms with E-state index in [0.29, 0.717) is 5.65 Å². The molecule has 82 valence electrons. The van der Waals surface area contributed by atoms with Gasteiger partial charge in [-0.1, -0.05) is 0 Å². The van der Waals surface area contributed by atoms with Crippen molar-refractivity contribution in [1.29, 1.82) is 0 Å². The van der Waals surface area contributed by atoms with Crippen LogP contribution in [-0.4, -0.2) is 25.6 Å². The molecule has 1 fully saturated rings. The molecule has 2 aromatic heterocycles. The van der Waals surface area contributed by atoms with Crippen molar-refractivity contribution in [2.24, 2.45) is 5.92 Å². The average Bonchev–Trinajstić information content (AvgIpc) is 3.01. The van der Waals surface area contributed by atoms with E-state index in [2.05, 4.69) is 15.4 Å². The van der Waals surface area contributed by atoms with Crippen molar-refractivity contribution in [1.82, 2.24) is 14.6 Å². The van der Waals surface area contributed by atoms with Gasteiger partial charge < -0.3 is 5.11 Å². The lowest BCUT2D eigenvalue weighted by Gasteiger charge is -1.95. The summed E-state index contributed by atoms with van der Waals surface area (Å²) < 4.78 is 1.43. The smallest absolute Gasteiger partial charge is 0.249 e. The lowest BCUT2D eigenvalue weighted by Crippen LogP contribution is -2.14. The molecule has 0 spiro atoms. The summed E-state index contributed by atoms with van der Waals surface area (Å²) in [6.45, 7) is 0. The summed E-state index contributed by atoms with van der Waals surface area (Å²) in [5.74, 6) is 0.343. The Hall–Kier alpha value is -2.11. The third kappa shape index (κ3) is 1.48. The molecule has 0 atom stereocenters. The molecule has 1 aliphatic rings. The highest BCUT2D eigenvalue weighted by Crippen LogP contribution is 2.29. The minimum Gasteiger partial charge on any atom is -0.504 e. The van der Waals surface area contributed by atoms with E-state index in [9.17, 15) is 9.90 Å². The zero-order valence-electron chi connectivity index (χ0n) is 8.42. The number of fused-ring (bicyclic) bond motifs is 1. The van der Waals surface area contributed by atoms with E-state index in [-0.39, 0.29) is 23.5 Å². The zero-order valence-corrected chi connectivity index (χ0v) is 8.42. The highest BCUT2D eigenvalue weighted by molar-refractivity contribution is 5.92. The van der Waals surface area contributed by atoms with Crippen molar-refractivity contribution in [3.63, 3.8) is 0 Å². The predicted octanol–water partition coefficient (Wildman–Crippen LogP) is 0.783. The van der Waals surface area contributed by atoms with Gasteiger partial charge in [-0.2, -0.15) is 4.98 Å². The summed E-state index contributed by atoms with van der Waals surface area (Å²) in [5.41, 5.74) is 0.341. The number of nitrogens with one attached hydrogen (secondary N) is 1. The van der Waals surface area contributed by atoms with E-state index in [1.165, 1.54) is 10.6 Å². The number of pyridine rings is 1. The van der Waals surface area contributed by atoms with Crippen LogP contribution in [-0.2, 0) is 4.79 Å². The Balaban J connectivity index is 1.92. The number of aromatic hydroxyl groups is 1. The Kier molecular flexibility index (Phi) is 1.82. The fraction of sp³-hybridized carbons (Fsp3) is 0.300. The van der Waals surface area contributed by atoms with Gasteiger partial charge in [0.25, 0.3) is 0 Å². The Morgan fingerprint density at radius 2 is 2.38 bits per heavy atom. The second-order valence-electron chi connectivity index (χ2n) is 3.86. The van der Waals surface area contributed by atoms with E-state index < -0.39 is 0 Å². The first-order valence-electron chi connectivity index (χ1n) is 5.09. The first-order chi connectivity index (χ1) is 7.74. The van der Waals surface area contributed by atoms with Gasteiger partial charge in [0.05, 0.1) is 0 Å². The van der Waals surface area contributed by atoms with E-state index in [1.54, 1.807) is 12.3 Å². The van der Waals surface area contributed by atoms with E-state index in [0.717, 1.165) is 12.8 Å². The van der Waals surface area contributed by atoms with Gasteiger partial charge in [-0.25, -0.2) is 4.52 Å². The van der Waals surface area contributed by atoms with Crippen LogP contribution < -0.4 is 5.32 Å². The van der Waals surface area contributed by atoms with Crippen LogP contribution in [0.4, 0.5) is 5.95 Å². The fourth-order valence-corrected chi connectivity index (χ4v) is 1.50. The maximum Gasteiger partial charge on any atom is 0.249 e. The number of rotatable bonds is 2. The highest BCUT2D eigenvalue weighted by Gasteiger charge is 2.30. The van der Waals surface area contributed by atoms with Gasteiger partial charge in [0.1, 0.15) is 0 Å².